The molecule has 108 valence electrons. The Morgan fingerprint density at radius 2 is 1.90 bits per heavy atom. The van der Waals surface area contributed by atoms with Crippen molar-refractivity contribution in [3.63, 3.8) is 0 Å². The number of nitrogen functional groups attached to an aromatic ring is 1. The minimum atomic E-state index is -3.60. The van der Waals surface area contributed by atoms with E-state index >= 15 is 0 Å². The van der Waals surface area contributed by atoms with Crippen LogP contribution in [-0.4, -0.2) is 18.2 Å². The van der Waals surface area contributed by atoms with Gasteiger partial charge < -0.3 is 5.73 Å². The highest BCUT2D eigenvalue weighted by Crippen LogP contribution is 2.22. The van der Waals surface area contributed by atoms with E-state index in [9.17, 15) is 8.42 Å². The van der Waals surface area contributed by atoms with Crippen molar-refractivity contribution in [2.24, 2.45) is 0 Å². The van der Waals surface area contributed by atoms with Crippen LogP contribution in [0.4, 0.5) is 11.5 Å². The smallest absolute Gasteiger partial charge is 0.272 e. The summed E-state index contributed by atoms with van der Waals surface area (Å²) in [7, 11) is -3.60. The van der Waals surface area contributed by atoms with Gasteiger partial charge in [0.15, 0.2) is 0 Å². The lowest BCUT2D eigenvalue weighted by Gasteiger charge is -2.09. The first kappa shape index (κ1) is 13.7. The van der Waals surface area contributed by atoms with E-state index < -0.39 is 10.0 Å². The molecule has 0 aliphatic rings. The number of nitrogens with two attached hydrogens (primary N) is 1. The minimum absolute atomic E-state index is 0.257. The van der Waals surface area contributed by atoms with E-state index in [2.05, 4.69) is 9.82 Å². The van der Waals surface area contributed by atoms with Gasteiger partial charge in [0, 0.05) is 11.8 Å². The van der Waals surface area contributed by atoms with Crippen molar-refractivity contribution >= 4 is 32.9 Å². The van der Waals surface area contributed by atoms with E-state index in [4.69, 9.17) is 5.73 Å². The Hall–Kier alpha value is -2.32. The molecule has 0 radical (unpaired) electrons. The summed E-state index contributed by atoms with van der Waals surface area (Å²) >= 11 is 1.16. The van der Waals surface area contributed by atoms with Crippen molar-refractivity contribution in [3.05, 3.63) is 54.0 Å². The number of thiophene rings is 1. The van der Waals surface area contributed by atoms with Gasteiger partial charge in [0.2, 0.25) is 0 Å². The second-order valence-corrected chi connectivity index (χ2v) is 7.11. The Morgan fingerprint density at radius 1 is 1.14 bits per heavy atom. The molecule has 0 aliphatic carbocycles. The lowest BCUT2D eigenvalue weighted by atomic mass is 10.3. The first-order valence-electron chi connectivity index (χ1n) is 6.02. The van der Waals surface area contributed by atoms with Crippen molar-refractivity contribution in [3.8, 4) is 5.69 Å². The standard InChI is InChI=1S/C13H12N4O2S2/c14-10-3-5-11(6-4-10)17-12(7-8-15-17)16-21(18,19)13-2-1-9-20-13/h1-9,16H,14H2. The molecule has 2 aromatic heterocycles. The summed E-state index contributed by atoms with van der Waals surface area (Å²) in [5.41, 5.74) is 7.00. The zero-order valence-electron chi connectivity index (χ0n) is 10.8. The zero-order valence-corrected chi connectivity index (χ0v) is 12.4. The number of nitrogens with one attached hydrogen (secondary N) is 1. The highest BCUT2D eigenvalue weighted by Gasteiger charge is 2.17. The molecule has 0 atom stereocenters. The van der Waals surface area contributed by atoms with E-state index in [1.165, 1.54) is 10.9 Å². The van der Waals surface area contributed by atoms with Gasteiger partial charge in [-0.1, -0.05) is 6.07 Å². The third-order valence-electron chi connectivity index (χ3n) is 2.78. The summed E-state index contributed by atoms with van der Waals surface area (Å²) in [4.78, 5) is 0. The molecule has 0 saturated heterocycles. The van der Waals surface area contributed by atoms with E-state index in [0.717, 1.165) is 17.0 Å². The number of hydrogen-bond donors (Lipinski definition) is 2. The van der Waals surface area contributed by atoms with Gasteiger partial charge in [-0.2, -0.15) is 5.10 Å². The molecule has 2 heterocycles. The molecule has 0 bridgehead atoms. The molecule has 6 nitrogen and oxygen atoms in total. The third-order valence-corrected chi connectivity index (χ3v) is 5.53. The van der Waals surface area contributed by atoms with Crippen LogP contribution in [-0.2, 0) is 10.0 Å². The van der Waals surface area contributed by atoms with Gasteiger partial charge in [0.05, 0.1) is 11.9 Å². The summed E-state index contributed by atoms with van der Waals surface area (Å²) in [5.74, 6) is 0.369. The number of aromatic nitrogens is 2. The van der Waals surface area contributed by atoms with E-state index in [1.54, 1.807) is 47.8 Å². The summed E-state index contributed by atoms with van der Waals surface area (Å²) < 4.78 is 28.8. The average Bonchev–Trinajstić information content (AvgIpc) is 3.10. The van der Waals surface area contributed by atoms with Crippen LogP contribution in [0.25, 0.3) is 5.69 Å². The number of rotatable bonds is 4. The first-order valence-corrected chi connectivity index (χ1v) is 8.39. The second-order valence-electron chi connectivity index (χ2n) is 4.26. The van der Waals surface area contributed by atoms with Crippen molar-refractivity contribution < 1.29 is 8.42 Å². The van der Waals surface area contributed by atoms with Gasteiger partial charge in [-0.25, -0.2) is 13.1 Å². The lowest BCUT2D eigenvalue weighted by Crippen LogP contribution is -2.14. The largest absolute Gasteiger partial charge is 0.399 e. The Kier molecular flexibility index (Phi) is 3.40. The molecule has 0 saturated carbocycles. The zero-order chi connectivity index (χ0) is 14.9. The van der Waals surface area contributed by atoms with Crippen LogP contribution >= 0.6 is 11.3 Å². The lowest BCUT2D eigenvalue weighted by molar-refractivity contribution is 0.602. The summed E-state index contributed by atoms with van der Waals surface area (Å²) in [6.45, 7) is 0. The van der Waals surface area contributed by atoms with Crippen molar-refractivity contribution in [1.29, 1.82) is 0 Å². The molecule has 3 N–H and O–H groups in total. The topological polar surface area (TPSA) is 90.0 Å². The third kappa shape index (κ3) is 2.76. The maximum Gasteiger partial charge on any atom is 0.272 e. The van der Waals surface area contributed by atoms with Crippen LogP contribution in [0.5, 0.6) is 0 Å². The van der Waals surface area contributed by atoms with Crippen molar-refractivity contribution in [2.75, 3.05) is 10.5 Å². The first-order chi connectivity index (χ1) is 10.1. The number of nitrogens with zero attached hydrogens (tertiary/aromatic N) is 2. The Bertz CT molecular complexity index is 837. The molecule has 0 amide bonds. The fourth-order valence-corrected chi connectivity index (χ4v) is 3.84. The highest BCUT2D eigenvalue weighted by atomic mass is 32.2. The van der Waals surface area contributed by atoms with Crippen molar-refractivity contribution in [1.82, 2.24) is 9.78 Å². The summed E-state index contributed by atoms with van der Waals surface area (Å²) in [6.07, 6.45) is 1.53. The number of sulfonamides is 1. The molecule has 0 fully saturated rings. The molecule has 1 aromatic carbocycles. The van der Waals surface area contributed by atoms with E-state index in [1.807, 2.05) is 0 Å². The predicted molar refractivity (Wildman–Crippen MR) is 83.1 cm³/mol. The summed E-state index contributed by atoms with van der Waals surface area (Å²) in [5, 5.41) is 5.85. The molecular formula is C13H12N4O2S2. The van der Waals surface area contributed by atoms with Crippen molar-refractivity contribution in [2.45, 2.75) is 4.21 Å². The molecule has 8 heteroatoms. The quantitative estimate of drug-likeness (QED) is 0.722. The van der Waals surface area contributed by atoms with Gasteiger partial charge in [-0.3, -0.25) is 4.72 Å². The van der Waals surface area contributed by atoms with Gasteiger partial charge in [-0.05, 0) is 35.7 Å². The van der Waals surface area contributed by atoms with Crippen LogP contribution in [0.15, 0.2) is 58.3 Å². The number of anilines is 2. The maximum absolute atomic E-state index is 12.2. The van der Waals surface area contributed by atoms with Crippen LogP contribution in [0.3, 0.4) is 0 Å². The number of benzene rings is 1. The fourth-order valence-electron chi connectivity index (χ4n) is 1.81. The molecule has 0 aliphatic heterocycles. The van der Waals surface area contributed by atoms with Crippen LogP contribution in [0.2, 0.25) is 0 Å². The molecule has 21 heavy (non-hydrogen) atoms. The fraction of sp³-hybridized carbons (Fsp3) is 0. The highest BCUT2D eigenvalue weighted by molar-refractivity contribution is 7.94. The van der Waals surface area contributed by atoms with Crippen LogP contribution in [0.1, 0.15) is 0 Å². The normalized spacial score (nSPS) is 11.4. The Morgan fingerprint density at radius 3 is 2.57 bits per heavy atom. The predicted octanol–water partition coefficient (Wildman–Crippen LogP) is 2.32. The molecule has 3 aromatic rings. The van der Waals surface area contributed by atoms with E-state index in [-0.39, 0.29) is 4.21 Å². The van der Waals surface area contributed by atoms with E-state index in [0.29, 0.717) is 11.5 Å². The Labute approximate surface area is 125 Å². The molecule has 0 unspecified atom stereocenters. The van der Waals surface area contributed by atoms with Gasteiger partial charge in [0.25, 0.3) is 10.0 Å². The van der Waals surface area contributed by atoms with Gasteiger partial charge in [0.1, 0.15) is 10.0 Å². The van der Waals surface area contributed by atoms with Gasteiger partial charge >= 0.3 is 0 Å². The molecular weight excluding hydrogens is 308 g/mol. The van der Waals surface area contributed by atoms with Crippen LogP contribution < -0.4 is 10.5 Å². The van der Waals surface area contributed by atoms with Gasteiger partial charge in [-0.15, -0.1) is 11.3 Å². The number of hydrogen-bond acceptors (Lipinski definition) is 5. The maximum atomic E-state index is 12.2. The molecule has 3 rings (SSSR count). The average molecular weight is 320 g/mol. The second kappa shape index (κ2) is 5.23. The Balaban J connectivity index is 1.95. The molecule has 0 spiro atoms. The monoisotopic (exact) mass is 320 g/mol. The summed E-state index contributed by atoms with van der Waals surface area (Å²) in [6, 6.07) is 11.8. The minimum Gasteiger partial charge on any atom is -0.399 e. The van der Waals surface area contributed by atoms with Crippen LogP contribution in [0, 0.1) is 0 Å². The SMILES string of the molecule is Nc1ccc(-n2nccc2NS(=O)(=O)c2cccs2)cc1.